The number of hydrogen-bond acceptors (Lipinski definition) is 12. The number of benzene rings is 2. The van der Waals surface area contributed by atoms with Gasteiger partial charge in [-0.05, 0) is 36.4 Å². The van der Waals surface area contributed by atoms with Gasteiger partial charge in [0.15, 0.2) is 8.68 Å². The van der Waals surface area contributed by atoms with Crippen molar-refractivity contribution in [1.82, 2.24) is 9.97 Å². The quantitative estimate of drug-likeness (QED) is 0.286. The molecule has 2 aromatic heterocycles. The van der Waals surface area contributed by atoms with Crippen LogP contribution in [0.3, 0.4) is 0 Å². The number of carbonyl (C=O) groups excluding carboxylic acids is 2. The Hall–Kier alpha value is -2.54. The second-order valence-corrected chi connectivity index (χ2v) is 10.0. The highest BCUT2D eigenvalue weighted by Gasteiger charge is 2.14. The van der Waals surface area contributed by atoms with Crippen LogP contribution < -0.4 is 11.5 Å². The maximum absolute atomic E-state index is 11.9. The van der Waals surface area contributed by atoms with E-state index in [-0.39, 0.29) is 12.8 Å². The molecule has 0 fully saturated rings. The lowest BCUT2D eigenvalue weighted by Gasteiger charge is -2.01. The number of thiazole rings is 2. The van der Waals surface area contributed by atoms with Crippen LogP contribution in [-0.4, -0.2) is 21.9 Å². The SMILES string of the molecule is Nc1ccc2nc(SOC(=O)CCC(=O)OSc3nc4ccc(N)cc4s3)sc2c1. The minimum absolute atomic E-state index is 0.0966. The molecule has 4 rings (SSSR count). The van der Waals surface area contributed by atoms with Crippen molar-refractivity contribution in [3.8, 4) is 0 Å². The van der Waals surface area contributed by atoms with Crippen LogP contribution in [0.5, 0.6) is 0 Å². The average molecular weight is 479 g/mol. The molecule has 0 amide bonds. The fraction of sp³-hybridized carbons (Fsp3) is 0.111. The monoisotopic (exact) mass is 478 g/mol. The summed E-state index contributed by atoms with van der Waals surface area (Å²) in [5, 5.41) is 0. The van der Waals surface area contributed by atoms with Gasteiger partial charge in [-0.15, -0.1) is 22.7 Å². The highest BCUT2D eigenvalue weighted by atomic mass is 32.2. The topological polar surface area (TPSA) is 130 Å². The number of nitrogen functional groups attached to an aromatic ring is 2. The first-order valence-electron chi connectivity index (χ1n) is 8.53. The van der Waals surface area contributed by atoms with Crippen molar-refractivity contribution in [2.75, 3.05) is 11.5 Å². The maximum atomic E-state index is 11.9. The first-order chi connectivity index (χ1) is 14.5. The highest BCUT2D eigenvalue weighted by molar-refractivity contribution is 7.97. The number of aromatic nitrogens is 2. The van der Waals surface area contributed by atoms with Crippen molar-refractivity contribution in [2.24, 2.45) is 0 Å². The van der Waals surface area contributed by atoms with E-state index in [4.69, 9.17) is 19.8 Å². The fourth-order valence-corrected chi connectivity index (χ4v) is 5.64. The van der Waals surface area contributed by atoms with E-state index >= 15 is 0 Å². The van der Waals surface area contributed by atoms with Crippen molar-refractivity contribution in [3.63, 3.8) is 0 Å². The molecule has 0 spiro atoms. The molecular formula is C18H14N4O4S4. The number of nitrogens with two attached hydrogens (primary N) is 2. The van der Waals surface area contributed by atoms with E-state index in [0.717, 1.165) is 44.5 Å². The first-order valence-corrected chi connectivity index (χ1v) is 11.6. The molecule has 0 aliphatic carbocycles. The molecule has 0 atom stereocenters. The van der Waals surface area contributed by atoms with E-state index in [9.17, 15) is 9.59 Å². The molecule has 0 unspecified atom stereocenters. The lowest BCUT2D eigenvalue weighted by Crippen LogP contribution is -2.05. The normalized spacial score (nSPS) is 11.1. The van der Waals surface area contributed by atoms with Gasteiger partial charge >= 0.3 is 11.9 Å². The molecule has 0 saturated carbocycles. The van der Waals surface area contributed by atoms with Crippen molar-refractivity contribution in [2.45, 2.75) is 21.5 Å². The third kappa shape index (κ3) is 5.14. The summed E-state index contributed by atoms with van der Waals surface area (Å²) < 4.78 is 13.2. The number of carbonyl (C=O) groups is 2. The molecule has 0 radical (unpaired) electrons. The van der Waals surface area contributed by atoms with Gasteiger partial charge < -0.3 is 19.8 Å². The second-order valence-electron chi connectivity index (χ2n) is 5.99. The van der Waals surface area contributed by atoms with Gasteiger partial charge in [0.25, 0.3) is 0 Å². The Morgan fingerprint density at radius 1 is 0.800 bits per heavy atom. The van der Waals surface area contributed by atoms with Gasteiger partial charge in [-0.3, -0.25) is 9.59 Å². The van der Waals surface area contributed by atoms with Gasteiger partial charge in [-0.1, -0.05) is 0 Å². The molecule has 2 heterocycles. The maximum Gasteiger partial charge on any atom is 0.318 e. The van der Waals surface area contributed by atoms with Gasteiger partial charge in [0.1, 0.15) is 24.1 Å². The average Bonchev–Trinajstić information content (AvgIpc) is 3.31. The molecule has 0 bridgehead atoms. The van der Waals surface area contributed by atoms with Crippen molar-refractivity contribution < 1.29 is 18.0 Å². The summed E-state index contributed by atoms with van der Waals surface area (Å²) in [5.74, 6) is -1.06. The summed E-state index contributed by atoms with van der Waals surface area (Å²) in [7, 11) is 0. The van der Waals surface area contributed by atoms with E-state index in [1.807, 2.05) is 12.1 Å². The fourth-order valence-electron chi connectivity index (χ4n) is 2.36. The van der Waals surface area contributed by atoms with Crippen molar-refractivity contribution >= 4 is 90.5 Å². The van der Waals surface area contributed by atoms with Gasteiger partial charge in [-0.25, -0.2) is 9.97 Å². The molecule has 154 valence electrons. The number of fused-ring (bicyclic) bond motifs is 2. The van der Waals surface area contributed by atoms with Crippen molar-refractivity contribution in [3.05, 3.63) is 36.4 Å². The molecule has 4 N–H and O–H groups in total. The van der Waals surface area contributed by atoms with Crippen LogP contribution in [0.4, 0.5) is 11.4 Å². The molecule has 8 nitrogen and oxygen atoms in total. The Morgan fingerprint density at radius 3 is 1.67 bits per heavy atom. The van der Waals surface area contributed by atoms with Crippen molar-refractivity contribution in [1.29, 1.82) is 0 Å². The van der Waals surface area contributed by atoms with Crippen LogP contribution in [-0.2, 0) is 18.0 Å². The summed E-state index contributed by atoms with van der Waals surface area (Å²) in [4.78, 5) is 32.5. The summed E-state index contributed by atoms with van der Waals surface area (Å²) in [6.45, 7) is 0. The Balaban J connectivity index is 1.21. The van der Waals surface area contributed by atoms with E-state index < -0.39 is 11.9 Å². The van der Waals surface area contributed by atoms with Crippen LogP contribution in [0, 0.1) is 0 Å². The molecule has 0 aliphatic heterocycles. The second kappa shape index (κ2) is 9.08. The summed E-state index contributed by atoms with van der Waals surface area (Å²) in [6.07, 6.45) is -0.193. The Labute approximate surface area is 187 Å². The van der Waals surface area contributed by atoms with Crippen LogP contribution >= 0.6 is 46.8 Å². The molecule has 4 aromatic rings. The Bertz CT molecular complexity index is 1140. The predicted molar refractivity (Wildman–Crippen MR) is 121 cm³/mol. The predicted octanol–water partition coefficient (Wildman–Crippen LogP) is 4.65. The summed E-state index contributed by atoms with van der Waals surface area (Å²) in [6, 6.07) is 10.8. The van der Waals surface area contributed by atoms with E-state index in [0.29, 0.717) is 20.1 Å². The van der Waals surface area contributed by atoms with E-state index in [2.05, 4.69) is 9.97 Å². The molecule has 2 aromatic carbocycles. The zero-order valence-corrected chi connectivity index (χ0v) is 18.5. The van der Waals surface area contributed by atoms with Gasteiger partial charge in [0.2, 0.25) is 0 Å². The summed E-state index contributed by atoms with van der Waals surface area (Å²) >= 11 is 4.48. The number of nitrogens with zero attached hydrogens (tertiary/aromatic N) is 2. The third-order valence-corrected chi connectivity index (χ3v) is 7.27. The Kier molecular flexibility index (Phi) is 6.27. The molecule has 12 heteroatoms. The highest BCUT2D eigenvalue weighted by Crippen LogP contribution is 2.32. The van der Waals surface area contributed by atoms with Crippen LogP contribution in [0.25, 0.3) is 20.4 Å². The standard InChI is InChI=1S/C18H14N4O4S4/c19-9-1-3-11-13(7-9)27-17(21-11)29-25-15(23)5-6-16(24)26-30-18-22-12-4-2-10(20)8-14(12)28-18/h1-4,7-8H,5-6,19-20H2. The minimum Gasteiger partial charge on any atom is -0.399 e. The van der Waals surface area contributed by atoms with Crippen LogP contribution in [0.15, 0.2) is 45.1 Å². The zero-order valence-electron chi connectivity index (χ0n) is 15.2. The number of hydrogen-bond donors (Lipinski definition) is 2. The number of anilines is 2. The zero-order chi connectivity index (χ0) is 21.1. The van der Waals surface area contributed by atoms with E-state index in [1.54, 1.807) is 24.3 Å². The van der Waals surface area contributed by atoms with Crippen LogP contribution in [0.1, 0.15) is 12.8 Å². The molecule has 0 saturated heterocycles. The largest absolute Gasteiger partial charge is 0.399 e. The smallest absolute Gasteiger partial charge is 0.318 e. The Morgan fingerprint density at radius 2 is 1.23 bits per heavy atom. The summed E-state index contributed by atoms with van der Waals surface area (Å²) in [5.41, 5.74) is 14.3. The third-order valence-electron chi connectivity index (χ3n) is 3.73. The van der Waals surface area contributed by atoms with Gasteiger partial charge in [-0.2, -0.15) is 0 Å². The molecule has 0 aliphatic rings. The molecular weight excluding hydrogens is 464 g/mol. The van der Waals surface area contributed by atoms with Gasteiger partial charge in [0.05, 0.1) is 33.3 Å². The first kappa shape index (κ1) is 20.7. The lowest BCUT2D eigenvalue weighted by molar-refractivity contribution is -0.139. The number of rotatable bonds is 7. The van der Waals surface area contributed by atoms with Crippen LogP contribution in [0.2, 0.25) is 0 Å². The molecule has 30 heavy (non-hydrogen) atoms. The van der Waals surface area contributed by atoms with E-state index in [1.165, 1.54) is 22.7 Å². The minimum atomic E-state index is -0.531. The lowest BCUT2D eigenvalue weighted by atomic mass is 10.3. The van der Waals surface area contributed by atoms with Gasteiger partial charge in [0, 0.05) is 11.4 Å².